The number of aromatic nitrogens is 1. The van der Waals surface area contributed by atoms with Gasteiger partial charge < -0.3 is 15.2 Å². The molecule has 1 heterocycles. The summed E-state index contributed by atoms with van der Waals surface area (Å²) in [5.41, 5.74) is -1.19. The number of pyridine rings is 1. The van der Waals surface area contributed by atoms with Gasteiger partial charge in [-0.15, -0.1) is 0 Å². The van der Waals surface area contributed by atoms with Gasteiger partial charge in [0.05, 0.1) is 23.7 Å². The number of hydrogen-bond donors (Lipinski definition) is 2. The Morgan fingerprint density at radius 2 is 2.15 bits per heavy atom. The van der Waals surface area contributed by atoms with Crippen LogP contribution in [0.5, 0.6) is 0 Å². The van der Waals surface area contributed by atoms with E-state index >= 15 is 0 Å². The molecule has 0 radical (unpaired) electrons. The predicted octanol–water partition coefficient (Wildman–Crippen LogP) is 1.35. The van der Waals surface area contributed by atoms with Gasteiger partial charge in [-0.25, -0.2) is 9.78 Å². The molecule has 110 valence electrons. The smallest absolute Gasteiger partial charge is 0.356 e. The number of hydrogen-bond acceptors (Lipinski definition) is 7. The van der Waals surface area contributed by atoms with E-state index in [-0.39, 0.29) is 17.2 Å². The van der Waals surface area contributed by atoms with E-state index in [2.05, 4.69) is 15.0 Å². The van der Waals surface area contributed by atoms with Crippen molar-refractivity contribution in [1.82, 2.24) is 4.98 Å². The second-order valence-corrected chi connectivity index (χ2v) is 4.84. The summed E-state index contributed by atoms with van der Waals surface area (Å²) in [7, 11) is 1.19. The maximum Gasteiger partial charge on any atom is 0.356 e. The van der Waals surface area contributed by atoms with Crippen LogP contribution in [-0.2, 0) is 4.74 Å². The van der Waals surface area contributed by atoms with E-state index in [0.717, 1.165) is 0 Å². The molecule has 20 heavy (non-hydrogen) atoms. The van der Waals surface area contributed by atoms with Gasteiger partial charge in [0.1, 0.15) is 0 Å². The molecule has 0 saturated carbocycles. The predicted molar refractivity (Wildman–Crippen MR) is 71.6 cm³/mol. The summed E-state index contributed by atoms with van der Waals surface area (Å²) >= 11 is 0. The van der Waals surface area contributed by atoms with Gasteiger partial charge >= 0.3 is 11.7 Å². The molecule has 2 N–H and O–H groups in total. The number of nitro groups is 1. The number of anilines is 1. The van der Waals surface area contributed by atoms with Crippen LogP contribution in [0.4, 0.5) is 11.5 Å². The third-order valence-electron chi connectivity index (χ3n) is 2.95. The average Bonchev–Trinajstić information content (AvgIpc) is 2.36. The van der Waals surface area contributed by atoms with Crippen molar-refractivity contribution in [2.75, 3.05) is 12.4 Å². The maximum absolute atomic E-state index is 11.4. The number of carbonyl (C=O) groups excluding carboxylic acids is 1. The molecule has 0 aliphatic carbocycles. The van der Waals surface area contributed by atoms with Gasteiger partial charge in [-0.1, -0.05) is 0 Å². The van der Waals surface area contributed by atoms with E-state index in [9.17, 15) is 20.0 Å². The highest BCUT2D eigenvalue weighted by atomic mass is 16.6. The SMILES string of the molecule is COC(=O)c1ccc([N+](=O)[O-])c(NC(C)(C)C(C)O)n1. The molecule has 1 aromatic rings. The van der Waals surface area contributed by atoms with Crippen molar-refractivity contribution in [2.24, 2.45) is 0 Å². The number of aliphatic hydroxyl groups is 1. The molecule has 1 aromatic heterocycles. The standard InChI is InChI=1S/C12H17N3O5/c1-7(16)12(2,3)14-10-9(15(18)19)6-5-8(13-10)11(17)20-4/h5-7,16H,1-4H3,(H,13,14). The Bertz CT molecular complexity index is 528. The third-order valence-corrected chi connectivity index (χ3v) is 2.95. The molecule has 0 aromatic carbocycles. The molecule has 0 amide bonds. The fraction of sp³-hybridized carbons (Fsp3) is 0.500. The number of rotatable bonds is 5. The highest BCUT2D eigenvalue weighted by Gasteiger charge is 2.28. The number of carbonyl (C=O) groups is 1. The number of esters is 1. The first kappa shape index (κ1) is 15.8. The molecule has 0 aliphatic rings. The number of nitrogens with one attached hydrogen (secondary N) is 1. The summed E-state index contributed by atoms with van der Waals surface area (Å²) in [4.78, 5) is 25.7. The lowest BCUT2D eigenvalue weighted by atomic mass is 9.99. The van der Waals surface area contributed by atoms with E-state index in [0.29, 0.717) is 0 Å². The summed E-state index contributed by atoms with van der Waals surface area (Å²) < 4.78 is 4.52. The average molecular weight is 283 g/mol. The summed E-state index contributed by atoms with van der Waals surface area (Å²) in [6.45, 7) is 4.87. The molecule has 8 nitrogen and oxygen atoms in total. The minimum Gasteiger partial charge on any atom is -0.464 e. The van der Waals surface area contributed by atoms with Gasteiger partial charge in [-0.3, -0.25) is 10.1 Å². The van der Waals surface area contributed by atoms with Gasteiger partial charge in [-0.2, -0.15) is 0 Å². The van der Waals surface area contributed by atoms with Crippen LogP contribution in [0.15, 0.2) is 12.1 Å². The van der Waals surface area contributed by atoms with E-state index in [4.69, 9.17) is 0 Å². The van der Waals surface area contributed by atoms with Gasteiger partial charge in [0.15, 0.2) is 5.69 Å². The number of aliphatic hydroxyl groups excluding tert-OH is 1. The first-order valence-corrected chi connectivity index (χ1v) is 5.89. The fourth-order valence-corrected chi connectivity index (χ4v) is 1.32. The normalized spacial score (nSPS) is 12.7. The molecule has 0 aliphatic heterocycles. The van der Waals surface area contributed by atoms with Crippen LogP contribution >= 0.6 is 0 Å². The minimum absolute atomic E-state index is 0.0537. The summed E-state index contributed by atoms with van der Waals surface area (Å²) in [5.74, 6) is -0.790. The van der Waals surface area contributed by atoms with Crippen molar-refractivity contribution in [3.05, 3.63) is 27.9 Å². The molecule has 0 spiro atoms. The van der Waals surface area contributed by atoms with Crippen molar-refractivity contribution >= 4 is 17.5 Å². The number of methoxy groups -OCH3 is 1. The topological polar surface area (TPSA) is 115 Å². The van der Waals surface area contributed by atoms with E-state index in [1.54, 1.807) is 20.8 Å². The Balaban J connectivity index is 3.26. The van der Waals surface area contributed by atoms with E-state index in [1.165, 1.54) is 19.2 Å². The van der Waals surface area contributed by atoms with Crippen LogP contribution in [0, 0.1) is 10.1 Å². The molecule has 1 unspecified atom stereocenters. The van der Waals surface area contributed by atoms with Gasteiger partial charge in [0.25, 0.3) is 0 Å². The molecule has 8 heteroatoms. The summed E-state index contributed by atoms with van der Waals surface area (Å²) in [6, 6.07) is 2.38. The summed E-state index contributed by atoms with van der Waals surface area (Å²) in [6.07, 6.45) is -0.786. The van der Waals surface area contributed by atoms with Gasteiger partial charge in [0, 0.05) is 6.07 Å². The molecule has 0 fully saturated rings. The van der Waals surface area contributed by atoms with E-state index < -0.39 is 22.5 Å². The zero-order valence-corrected chi connectivity index (χ0v) is 11.7. The lowest BCUT2D eigenvalue weighted by molar-refractivity contribution is -0.384. The Labute approximate surface area is 115 Å². The molecule has 1 atom stereocenters. The first-order chi connectivity index (χ1) is 9.19. The molecule has 1 rings (SSSR count). The Kier molecular flexibility index (Phi) is 4.61. The lowest BCUT2D eigenvalue weighted by Crippen LogP contribution is -2.42. The molecule has 0 saturated heterocycles. The largest absolute Gasteiger partial charge is 0.464 e. The van der Waals surface area contributed by atoms with Crippen LogP contribution in [0.3, 0.4) is 0 Å². The van der Waals surface area contributed by atoms with E-state index in [1.807, 2.05) is 0 Å². The molecular formula is C12H17N3O5. The zero-order valence-electron chi connectivity index (χ0n) is 11.7. The van der Waals surface area contributed by atoms with Crippen molar-refractivity contribution in [1.29, 1.82) is 0 Å². The van der Waals surface area contributed by atoms with Crippen molar-refractivity contribution in [3.8, 4) is 0 Å². The second-order valence-electron chi connectivity index (χ2n) is 4.84. The molecular weight excluding hydrogens is 266 g/mol. The number of ether oxygens (including phenoxy) is 1. The lowest BCUT2D eigenvalue weighted by Gasteiger charge is -2.29. The Morgan fingerprint density at radius 1 is 1.55 bits per heavy atom. The highest BCUT2D eigenvalue weighted by Crippen LogP contribution is 2.26. The third kappa shape index (κ3) is 3.41. The maximum atomic E-state index is 11.4. The van der Waals surface area contributed by atoms with Crippen LogP contribution in [0.1, 0.15) is 31.3 Å². The van der Waals surface area contributed by atoms with Crippen LogP contribution < -0.4 is 5.32 Å². The van der Waals surface area contributed by atoms with Crippen LogP contribution in [0.2, 0.25) is 0 Å². The van der Waals surface area contributed by atoms with Crippen LogP contribution in [0.25, 0.3) is 0 Å². The van der Waals surface area contributed by atoms with Crippen molar-refractivity contribution in [2.45, 2.75) is 32.4 Å². The van der Waals surface area contributed by atoms with Crippen molar-refractivity contribution in [3.63, 3.8) is 0 Å². The quantitative estimate of drug-likeness (QED) is 0.476. The van der Waals surface area contributed by atoms with Crippen LogP contribution in [-0.4, -0.2) is 39.7 Å². The Morgan fingerprint density at radius 3 is 2.60 bits per heavy atom. The second kappa shape index (κ2) is 5.83. The first-order valence-electron chi connectivity index (χ1n) is 5.89. The number of nitrogens with zero attached hydrogens (tertiary/aromatic N) is 2. The van der Waals surface area contributed by atoms with Crippen molar-refractivity contribution < 1.29 is 19.6 Å². The van der Waals surface area contributed by atoms with Gasteiger partial charge in [-0.05, 0) is 26.8 Å². The Hall–Kier alpha value is -2.22. The monoisotopic (exact) mass is 283 g/mol. The fourth-order valence-electron chi connectivity index (χ4n) is 1.32. The van der Waals surface area contributed by atoms with Gasteiger partial charge in [0.2, 0.25) is 5.82 Å². The highest BCUT2D eigenvalue weighted by molar-refractivity contribution is 5.88. The minimum atomic E-state index is -0.855. The summed E-state index contributed by atoms with van der Waals surface area (Å²) in [5, 5.41) is 23.4. The zero-order chi connectivity index (χ0) is 15.5. The molecule has 0 bridgehead atoms.